The second-order valence-electron chi connectivity index (χ2n) is 4.14. The van der Waals surface area contributed by atoms with Crippen molar-refractivity contribution in [1.82, 2.24) is 0 Å². The maximum Gasteiger partial charge on any atom is 0.137 e. The third-order valence-electron chi connectivity index (χ3n) is 2.68. The zero-order chi connectivity index (χ0) is 13.0. The number of benzene rings is 2. The van der Waals surface area contributed by atoms with E-state index in [2.05, 4.69) is 0 Å². The van der Waals surface area contributed by atoms with Gasteiger partial charge in [-0.15, -0.1) is 11.8 Å². The molecule has 0 aliphatic heterocycles. The van der Waals surface area contributed by atoms with Gasteiger partial charge in [0.05, 0.1) is 6.10 Å². The molecule has 0 radical (unpaired) electrons. The van der Waals surface area contributed by atoms with Crippen LogP contribution in [0, 0.1) is 5.82 Å². The molecule has 18 heavy (non-hydrogen) atoms. The molecule has 0 heterocycles. The first-order chi connectivity index (χ1) is 8.66. The van der Waals surface area contributed by atoms with Gasteiger partial charge in [-0.05, 0) is 30.2 Å². The second-order valence-corrected chi connectivity index (χ2v) is 5.16. The number of hydrogen-bond acceptors (Lipinski definition) is 2. The van der Waals surface area contributed by atoms with Gasteiger partial charge in [0.25, 0.3) is 0 Å². The van der Waals surface area contributed by atoms with Crippen LogP contribution in [0.3, 0.4) is 0 Å². The lowest BCUT2D eigenvalue weighted by Crippen LogP contribution is -1.93. The largest absolute Gasteiger partial charge is 0.389 e. The maximum atomic E-state index is 13.8. The Balaban J connectivity index is 2.06. The van der Waals surface area contributed by atoms with Gasteiger partial charge in [-0.1, -0.05) is 36.4 Å². The normalized spacial score (nSPS) is 12.4. The number of aliphatic hydroxyl groups excluding tert-OH is 1. The molecule has 1 nitrogen and oxygen atoms in total. The summed E-state index contributed by atoms with van der Waals surface area (Å²) in [5, 5.41) is 9.37. The van der Waals surface area contributed by atoms with Gasteiger partial charge in [0.2, 0.25) is 0 Å². The second kappa shape index (κ2) is 6.03. The summed E-state index contributed by atoms with van der Waals surface area (Å²) in [6, 6.07) is 14.9. The van der Waals surface area contributed by atoms with E-state index in [1.165, 1.54) is 23.4 Å². The van der Waals surface area contributed by atoms with Crippen molar-refractivity contribution in [2.75, 3.05) is 0 Å². The third kappa shape index (κ3) is 3.34. The van der Waals surface area contributed by atoms with Gasteiger partial charge >= 0.3 is 0 Å². The molecule has 0 saturated carbocycles. The molecule has 0 bridgehead atoms. The standard InChI is InChI=1S/C15H15FOS/c1-11(17)13-7-8-15(14(16)9-13)18-10-12-5-3-2-4-6-12/h2-9,11,17H,10H2,1H3/t11-/m1/s1. The monoisotopic (exact) mass is 262 g/mol. The lowest BCUT2D eigenvalue weighted by molar-refractivity contribution is 0.198. The lowest BCUT2D eigenvalue weighted by Gasteiger charge is -2.08. The highest BCUT2D eigenvalue weighted by atomic mass is 32.2. The number of halogens is 1. The van der Waals surface area contributed by atoms with E-state index in [1.54, 1.807) is 19.1 Å². The molecule has 0 saturated heterocycles. The van der Waals surface area contributed by atoms with Crippen LogP contribution in [0.5, 0.6) is 0 Å². The van der Waals surface area contributed by atoms with E-state index >= 15 is 0 Å². The van der Waals surface area contributed by atoms with Gasteiger partial charge in [-0.2, -0.15) is 0 Å². The van der Waals surface area contributed by atoms with Gasteiger partial charge in [0.15, 0.2) is 0 Å². The van der Waals surface area contributed by atoms with Gasteiger partial charge in [0.1, 0.15) is 5.82 Å². The highest BCUT2D eigenvalue weighted by Crippen LogP contribution is 2.27. The van der Waals surface area contributed by atoms with E-state index in [9.17, 15) is 9.50 Å². The molecule has 0 aliphatic carbocycles. The van der Waals surface area contributed by atoms with Crippen molar-refractivity contribution >= 4 is 11.8 Å². The smallest absolute Gasteiger partial charge is 0.137 e. The minimum Gasteiger partial charge on any atom is -0.389 e. The predicted molar refractivity (Wildman–Crippen MR) is 73.0 cm³/mol. The van der Waals surface area contributed by atoms with Gasteiger partial charge in [0, 0.05) is 10.6 Å². The summed E-state index contributed by atoms with van der Waals surface area (Å²) in [6.45, 7) is 1.63. The first kappa shape index (κ1) is 13.1. The first-order valence-electron chi connectivity index (χ1n) is 5.81. The Morgan fingerprint density at radius 2 is 1.89 bits per heavy atom. The van der Waals surface area contributed by atoms with Crippen LogP contribution in [-0.4, -0.2) is 5.11 Å². The van der Waals surface area contributed by atoms with Crippen LogP contribution < -0.4 is 0 Å². The molecule has 0 fully saturated rings. The molecule has 0 spiro atoms. The molecule has 0 aromatic heterocycles. The van der Waals surface area contributed by atoms with Crippen LogP contribution in [0.2, 0.25) is 0 Å². The predicted octanol–water partition coefficient (Wildman–Crippen LogP) is 4.17. The molecule has 2 aromatic rings. The summed E-state index contributed by atoms with van der Waals surface area (Å²) < 4.78 is 13.8. The zero-order valence-electron chi connectivity index (χ0n) is 10.1. The van der Waals surface area contributed by atoms with Crippen LogP contribution in [0.4, 0.5) is 4.39 Å². The summed E-state index contributed by atoms with van der Waals surface area (Å²) in [5.74, 6) is 0.473. The first-order valence-corrected chi connectivity index (χ1v) is 6.79. The van der Waals surface area contributed by atoms with Crippen LogP contribution in [0.25, 0.3) is 0 Å². The summed E-state index contributed by atoms with van der Waals surface area (Å²) in [5.41, 5.74) is 1.78. The Kier molecular flexibility index (Phi) is 4.39. The van der Waals surface area contributed by atoms with Crippen LogP contribution >= 0.6 is 11.8 Å². The Morgan fingerprint density at radius 3 is 2.50 bits per heavy atom. The summed E-state index contributed by atoms with van der Waals surface area (Å²) in [4.78, 5) is 0.614. The molecular weight excluding hydrogens is 247 g/mol. The molecule has 1 N–H and O–H groups in total. The van der Waals surface area contributed by atoms with E-state index in [0.717, 1.165) is 5.75 Å². The fourth-order valence-electron chi connectivity index (χ4n) is 1.63. The van der Waals surface area contributed by atoms with Crippen molar-refractivity contribution in [1.29, 1.82) is 0 Å². The maximum absolute atomic E-state index is 13.8. The van der Waals surface area contributed by atoms with Gasteiger partial charge < -0.3 is 5.11 Å². The topological polar surface area (TPSA) is 20.2 Å². The zero-order valence-corrected chi connectivity index (χ0v) is 11.0. The van der Waals surface area contributed by atoms with Crippen molar-refractivity contribution in [2.45, 2.75) is 23.7 Å². The van der Waals surface area contributed by atoms with Crippen molar-refractivity contribution < 1.29 is 9.50 Å². The Morgan fingerprint density at radius 1 is 1.17 bits per heavy atom. The fourth-order valence-corrected chi connectivity index (χ4v) is 2.51. The number of aliphatic hydroxyl groups is 1. The molecule has 2 rings (SSSR count). The van der Waals surface area contributed by atoms with Crippen molar-refractivity contribution in [3.05, 3.63) is 65.5 Å². The lowest BCUT2D eigenvalue weighted by atomic mass is 10.1. The van der Waals surface area contributed by atoms with Crippen LogP contribution in [0.15, 0.2) is 53.4 Å². The number of hydrogen-bond donors (Lipinski definition) is 1. The average Bonchev–Trinajstić information content (AvgIpc) is 2.38. The summed E-state index contributed by atoms with van der Waals surface area (Å²) >= 11 is 1.46. The van der Waals surface area contributed by atoms with Gasteiger partial charge in [-0.25, -0.2) is 4.39 Å². The van der Waals surface area contributed by atoms with Crippen molar-refractivity contribution in [3.63, 3.8) is 0 Å². The van der Waals surface area contributed by atoms with Crippen molar-refractivity contribution in [3.8, 4) is 0 Å². The molecule has 2 aromatic carbocycles. The molecule has 94 valence electrons. The van der Waals surface area contributed by atoms with Crippen LogP contribution in [-0.2, 0) is 5.75 Å². The van der Waals surface area contributed by atoms with E-state index in [-0.39, 0.29) is 5.82 Å². The van der Waals surface area contributed by atoms with E-state index in [0.29, 0.717) is 10.5 Å². The highest BCUT2D eigenvalue weighted by Gasteiger charge is 2.07. The minimum absolute atomic E-state index is 0.269. The summed E-state index contributed by atoms with van der Waals surface area (Å²) in [6.07, 6.45) is -0.632. The fraction of sp³-hybridized carbons (Fsp3) is 0.200. The number of thioether (sulfide) groups is 1. The average molecular weight is 262 g/mol. The Labute approximate surface area is 111 Å². The molecule has 1 atom stereocenters. The van der Waals surface area contributed by atoms with E-state index in [4.69, 9.17) is 0 Å². The van der Waals surface area contributed by atoms with Gasteiger partial charge in [-0.3, -0.25) is 0 Å². The number of rotatable bonds is 4. The molecule has 3 heteroatoms. The van der Waals surface area contributed by atoms with E-state index < -0.39 is 6.10 Å². The van der Waals surface area contributed by atoms with Crippen molar-refractivity contribution in [2.24, 2.45) is 0 Å². The Hall–Kier alpha value is -1.32. The van der Waals surface area contributed by atoms with Crippen LogP contribution in [0.1, 0.15) is 24.2 Å². The van der Waals surface area contributed by atoms with E-state index in [1.807, 2.05) is 30.3 Å². The SMILES string of the molecule is C[C@@H](O)c1ccc(SCc2ccccc2)c(F)c1. The molecule has 0 amide bonds. The third-order valence-corrected chi connectivity index (χ3v) is 3.80. The molecule has 0 unspecified atom stereocenters. The summed E-state index contributed by atoms with van der Waals surface area (Å²) in [7, 11) is 0. The minimum atomic E-state index is -0.632. The quantitative estimate of drug-likeness (QED) is 0.834. The molecular formula is C15H15FOS. The highest BCUT2D eigenvalue weighted by molar-refractivity contribution is 7.98. The Bertz CT molecular complexity index is 511. The molecule has 0 aliphatic rings.